The number of halogens is 1. The summed E-state index contributed by atoms with van der Waals surface area (Å²) in [6.07, 6.45) is 2.13. The Balaban J connectivity index is 1.75. The molecule has 4 heteroatoms. The van der Waals surface area contributed by atoms with Crippen LogP contribution in [0.3, 0.4) is 0 Å². The van der Waals surface area contributed by atoms with Crippen molar-refractivity contribution in [3.63, 3.8) is 0 Å². The Kier molecular flexibility index (Phi) is 4.44. The van der Waals surface area contributed by atoms with Crippen LogP contribution in [0.5, 0.6) is 5.75 Å². The molecule has 20 heavy (non-hydrogen) atoms. The molecule has 0 saturated carbocycles. The summed E-state index contributed by atoms with van der Waals surface area (Å²) in [4.78, 5) is 1.45. The first-order valence-electron chi connectivity index (χ1n) is 6.99. The summed E-state index contributed by atoms with van der Waals surface area (Å²) in [6.45, 7) is 3.95. The minimum Gasteiger partial charge on any atom is -0.493 e. The summed E-state index contributed by atoms with van der Waals surface area (Å²) < 4.78 is 6.84. The van der Waals surface area contributed by atoms with E-state index in [1.807, 2.05) is 17.4 Å². The van der Waals surface area contributed by atoms with Gasteiger partial charge in [-0.2, -0.15) is 0 Å². The first-order chi connectivity index (χ1) is 9.78. The van der Waals surface area contributed by atoms with Gasteiger partial charge in [0.2, 0.25) is 0 Å². The maximum atomic E-state index is 5.73. The molecule has 1 aromatic carbocycles. The number of hydrogen-bond donors (Lipinski definition) is 1. The summed E-state index contributed by atoms with van der Waals surface area (Å²) in [7, 11) is 0. The smallest absolute Gasteiger partial charge is 0.124 e. The minimum absolute atomic E-state index is 0.378. The number of nitrogens with one attached hydrogen (secondary N) is 1. The number of rotatable bonds is 4. The van der Waals surface area contributed by atoms with Crippen LogP contribution in [-0.2, 0) is 13.0 Å². The normalized spacial score (nSPS) is 17.6. The highest BCUT2D eigenvalue weighted by atomic mass is 79.9. The second-order valence-electron chi connectivity index (χ2n) is 4.98. The van der Waals surface area contributed by atoms with Gasteiger partial charge in [-0.15, -0.1) is 11.3 Å². The van der Waals surface area contributed by atoms with E-state index in [0.717, 1.165) is 36.2 Å². The van der Waals surface area contributed by atoms with Crippen molar-refractivity contribution in [1.29, 1.82) is 0 Å². The number of hydrogen-bond acceptors (Lipinski definition) is 3. The Hall–Kier alpha value is -0.840. The standard InChI is InChI=1S/C16H18BrNOS/c1-2-11-6-8-20-16(11)10-18-14-5-7-19-15-4-3-12(17)9-13(14)15/h3-4,6,8-9,14,18H,2,5,7,10H2,1H3. The molecule has 2 heterocycles. The van der Waals surface area contributed by atoms with Crippen molar-refractivity contribution < 1.29 is 4.74 Å². The van der Waals surface area contributed by atoms with Crippen molar-refractivity contribution >= 4 is 27.3 Å². The molecule has 0 saturated heterocycles. The molecule has 1 N–H and O–H groups in total. The molecule has 0 bridgehead atoms. The first-order valence-corrected chi connectivity index (χ1v) is 8.66. The van der Waals surface area contributed by atoms with Crippen LogP contribution in [0.2, 0.25) is 0 Å². The predicted molar refractivity (Wildman–Crippen MR) is 87.5 cm³/mol. The summed E-state index contributed by atoms with van der Waals surface area (Å²) in [6, 6.07) is 8.87. The quantitative estimate of drug-likeness (QED) is 0.862. The molecule has 3 rings (SSSR count). The van der Waals surface area contributed by atoms with Gasteiger partial charge in [0.15, 0.2) is 0 Å². The fraction of sp³-hybridized carbons (Fsp3) is 0.375. The largest absolute Gasteiger partial charge is 0.493 e. The van der Waals surface area contributed by atoms with Crippen LogP contribution in [-0.4, -0.2) is 6.61 Å². The van der Waals surface area contributed by atoms with E-state index >= 15 is 0 Å². The third-order valence-corrected chi connectivity index (χ3v) is 5.20. The molecule has 1 unspecified atom stereocenters. The highest BCUT2D eigenvalue weighted by molar-refractivity contribution is 9.10. The fourth-order valence-electron chi connectivity index (χ4n) is 2.63. The van der Waals surface area contributed by atoms with Gasteiger partial charge in [0.1, 0.15) is 5.75 Å². The van der Waals surface area contributed by atoms with Gasteiger partial charge < -0.3 is 10.1 Å². The number of benzene rings is 1. The lowest BCUT2D eigenvalue weighted by atomic mass is 10.0. The van der Waals surface area contributed by atoms with Gasteiger partial charge in [0.05, 0.1) is 6.61 Å². The zero-order valence-electron chi connectivity index (χ0n) is 11.5. The van der Waals surface area contributed by atoms with Gasteiger partial charge >= 0.3 is 0 Å². The molecule has 2 nitrogen and oxygen atoms in total. The summed E-state index contributed by atoms with van der Waals surface area (Å²) in [5.41, 5.74) is 2.73. The topological polar surface area (TPSA) is 21.3 Å². The average Bonchev–Trinajstić information content (AvgIpc) is 2.92. The van der Waals surface area contributed by atoms with E-state index in [0.29, 0.717) is 6.04 Å². The van der Waals surface area contributed by atoms with Gasteiger partial charge in [-0.25, -0.2) is 0 Å². The van der Waals surface area contributed by atoms with Gasteiger partial charge in [-0.1, -0.05) is 22.9 Å². The van der Waals surface area contributed by atoms with Crippen LogP contribution >= 0.6 is 27.3 Å². The van der Waals surface area contributed by atoms with Crippen molar-refractivity contribution in [2.75, 3.05) is 6.61 Å². The van der Waals surface area contributed by atoms with E-state index in [9.17, 15) is 0 Å². The van der Waals surface area contributed by atoms with E-state index < -0.39 is 0 Å². The minimum atomic E-state index is 0.378. The molecule has 0 amide bonds. The van der Waals surface area contributed by atoms with Crippen LogP contribution < -0.4 is 10.1 Å². The maximum absolute atomic E-state index is 5.73. The second-order valence-corrected chi connectivity index (χ2v) is 6.89. The number of ether oxygens (including phenoxy) is 1. The van der Waals surface area contributed by atoms with E-state index in [4.69, 9.17) is 4.74 Å². The molecule has 1 aliphatic heterocycles. The highest BCUT2D eigenvalue weighted by Gasteiger charge is 2.21. The van der Waals surface area contributed by atoms with Gasteiger partial charge in [-0.3, -0.25) is 0 Å². The summed E-state index contributed by atoms with van der Waals surface area (Å²) in [5, 5.41) is 5.88. The molecule has 0 spiro atoms. The third kappa shape index (κ3) is 2.92. The maximum Gasteiger partial charge on any atom is 0.124 e. The Bertz CT molecular complexity index is 596. The molecular weight excluding hydrogens is 334 g/mol. The van der Waals surface area contributed by atoms with Crippen LogP contribution in [0.25, 0.3) is 0 Å². The summed E-state index contributed by atoms with van der Waals surface area (Å²) in [5.74, 6) is 1.01. The molecule has 106 valence electrons. The van der Waals surface area contributed by atoms with Crippen LogP contribution in [0.15, 0.2) is 34.1 Å². The van der Waals surface area contributed by atoms with E-state index in [1.54, 1.807) is 0 Å². The SMILES string of the molecule is CCc1ccsc1CNC1CCOc2ccc(Br)cc21. The zero-order valence-corrected chi connectivity index (χ0v) is 13.9. The molecule has 0 radical (unpaired) electrons. The molecule has 0 fully saturated rings. The average molecular weight is 352 g/mol. The van der Waals surface area contributed by atoms with Crippen molar-refractivity contribution in [2.45, 2.75) is 32.4 Å². The van der Waals surface area contributed by atoms with Gasteiger partial charge in [0, 0.05) is 33.9 Å². The van der Waals surface area contributed by atoms with Crippen molar-refractivity contribution in [2.24, 2.45) is 0 Å². The van der Waals surface area contributed by atoms with Gasteiger partial charge in [-0.05, 0) is 41.6 Å². The monoisotopic (exact) mass is 351 g/mol. The number of thiophene rings is 1. The van der Waals surface area contributed by atoms with Crippen molar-refractivity contribution in [3.8, 4) is 5.75 Å². The zero-order chi connectivity index (χ0) is 13.9. The Labute approximate surface area is 132 Å². The lowest BCUT2D eigenvalue weighted by Crippen LogP contribution is -2.26. The lowest BCUT2D eigenvalue weighted by molar-refractivity contribution is 0.252. The molecular formula is C16H18BrNOS. The second kappa shape index (κ2) is 6.29. The predicted octanol–water partition coefficient (Wildman–Crippen LogP) is 4.69. The molecule has 0 aliphatic carbocycles. The van der Waals surface area contributed by atoms with Crippen LogP contribution in [0, 0.1) is 0 Å². The van der Waals surface area contributed by atoms with Crippen LogP contribution in [0.1, 0.15) is 35.4 Å². The molecule has 1 aliphatic rings. The number of aryl methyl sites for hydroxylation is 1. The van der Waals surface area contributed by atoms with Gasteiger partial charge in [0.25, 0.3) is 0 Å². The van der Waals surface area contributed by atoms with Crippen molar-refractivity contribution in [1.82, 2.24) is 5.32 Å². The third-order valence-electron chi connectivity index (χ3n) is 3.74. The number of fused-ring (bicyclic) bond motifs is 1. The molecule has 1 atom stereocenters. The Morgan fingerprint density at radius 3 is 3.15 bits per heavy atom. The van der Waals surface area contributed by atoms with Crippen LogP contribution in [0.4, 0.5) is 0 Å². The Morgan fingerprint density at radius 2 is 2.30 bits per heavy atom. The Morgan fingerprint density at radius 1 is 1.40 bits per heavy atom. The first kappa shape index (κ1) is 14.1. The van der Waals surface area contributed by atoms with E-state index in [1.165, 1.54) is 16.0 Å². The highest BCUT2D eigenvalue weighted by Crippen LogP contribution is 2.34. The molecule has 2 aromatic rings. The molecule has 1 aromatic heterocycles. The summed E-state index contributed by atoms with van der Waals surface area (Å²) >= 11 is 5.39. The van der Waals surface area contributed by atoms with E-state index in [2.05, 4.69) is 51.7 Å². The van der Waals surface area contributed by atoms with Crippen molar-refractivity contribution in [3.05, 3.63) is 50.1 Å². The van der Waals surface area contributed by atoms with E-state index in [-0.39, 0.29) is 0 Å². The lowest BCUT2D eigenvalue weighted by Gasteiger charge is -2.27. The fourth-order valence-corrected chi connectivity index (χ4v) is 3.94.